The number of rotatable bonds is 4. The minimum Gasteiger partial charge on any atom is -0.507 e. The van der Waals surface area contributed by atoms with E-state index in [9.17, 15) is 14.7 Å². The van der Waals surface area contributed by atoms with Crippen molar-refractivity contribution in [1.29, 1.82) is 0 Å². The molecular formula is C23H25NO4S. The zero-order valence-electron chi connectivity index (χ0n) is 16.9. The van der Waals surface area contributed by atoms with E-state index in [-0.39, 0.29) is 17.4 Å². The number of aliphatic hydroxyl groups is 1. The Hall–Kier alpha value is -2.44. The summed E-state index contributed by atoms with van der Waals surface area (Å²) in [5.74, 6) is -1.29. The van der Waals surface area contributed by atoms with Crippen LogP contribution in [0, 0.1) is 20.8 Å². The van der Waals surface area contributed by atoms with E-state index in [0.29, 0.717) is 18.7 Å². The maximum Gasteiger partial charge on any atom is 0.295 e. The number of thiophene rings is 1. The highest BCUT2D eigenvalue weighted by Crippen LogP contribution is 2.43. The van der Waals surface area contributed by atoms with Gasteiger partial charge in [-0.2, -0.15) is 0 Å². The maximum absolute atomic E-state index is 13.1. The first-order valence-corrected chi connectivity index (χ1v) is 10.8. The minimum atomic E-state index is -0.626. The van der Waals surface area contributed by atoms with Gasteiger partial charge in [-0.15, -0.1) is 11.3 Å². The number of hydrogen-bond donors (Lipinski definition) is 1. The molecule has 5 nitrogen and oxygen atoms in total. The SMILES string of the molecule is Cc1ccc(C)c(/C(O)=C2\C(=O)C(=O)N(CC3CCCO3)C2c2sccc2C)c1. The van der Waals surface area contributed by atoms with E-state index < -0.39 is 17.7 Å². The molecule has 2 aliphatic rings. The summed E-state index contributed by atoms with van der Waals surface area (Å²) < 4.78 is 5.73. The summed E-state index contributed by atoms with van der Waals surface area (Å²) in [6, 6.07) is 7.13. The molecule has 1 aromatic heterocycles. The number of Topliss-reactive ketones (excluding diaryl/α,β-unsaturated/α-hetero) is 1. The molecule has 4 rings (SSSR count). The monoisotopic (exact) mass is 411 g/mol. The van der Waals surface area contributed by atoms with E-state index in [2.05, 4.69) is 0 Å². The molecule has 0 bridgehead atoms. The summed E-state index contributed by atoms with van der Waals surface area (Å²) >= 11 is 1.50. The third kappa shape index (κ3) is 3.51. The standard InChI is InChI=1S/C23H25NO4S/c1-13-6-7-14(2)17(11-13)20(25)18-19(22-15(3)8-10-29-22)24(23(27)21(18)26)12-16-5-4-9-28-16/h6-8,10-11,16,19,25H,4-5,9,12H2,1-3H3/b20-18+. The molecule has 1 amide bonds. The van der Waals surface area contributed by atoms with Gasteiger partial charge < -0.3 is 14.7 Å². The molecule has 152 valence electrons. The Morgan fingerprint density at radius 3 is 2.66 bits per heavy atom. The van der Waals surface area contributed by atoms with Gasteiger partial charge in [0.2, 0.25) is 0 Å². The summed E-state index contributed by atoms with van der Waals surface area (Å²) in [6.07, 6.45) is 1.76. The van der Waals surface area contributed by atoms with Gasteiger partial charge in [0, 0.05) is 23.6 Å². The van der Waals surface area contributed by atoms with Crippen LogP contribution in [0.15, 0.2) is 35.2 Å². The normalized spacial score (nSPS) is 23.9. The number of carbonyl (C=O) groups excluding carboxylic acids is 2. The lowest BCUT2D eigenvalue weighted by atomic mass is 9.95. The van der Waals surface area contributed by atoms with Crippen molar-refractivity contribution in [2.45, 2.75) is 45.8 Å². The highest BCUT2D eigenvalue weighted by atomic mass is 32.1. The van der Waals surface area contributed by atoms with Crippen molar-refractivity contribution in [2.75, 3.05) is 13.2 Å². The summed E-state index contributed by atoms with van der Waals surface area (Å²) in [5, 5.41) is 13.2. The van der Waals surface area contributed by atoms with Gasteiger partial charge in [-0.1, -0.05) is 17.7 Å². The first-order chi connectivity index (χ1) is 13.9. The molecule has 1 aromatic carbocycles. The van der Waals surface area contributed by atoms with Crippen molar-refractivity contribution in [1.82, 2.24) is 4.90 Å². The average Bonchev–Trinajstić information content (AvgIpc) is 3.41. The van der Waals surface area contributed by atoms with Crippen molar-refractivity contribution in [3.63, 3.8) is 0 Å². The number of ketones is 1. The Morgan fingerprint density at radius 1 is 1.21 bits per heavy atom. The van der Waals surface area contributed by atoms with E-state index in [1.54, 1.807) is 4.90 Å². The lowest BCUT2D eigenvalue weighted by Crippen LogP contribution is -2.36. The van der Waals surface area contributed by atoms with Crippen LogP contribution in [-0.4, -0.2) is 41.0 Å². The van der Waals surface area contributed by atoms with Gasteiger partial charge in [0.05, 0.1) is 17.7 Å². The Kier molecular flexibility index (Phi) is 5.32. The number of carbonyl (C=O) groups is 2. The maximum atomic E-state index is 13.1. The molecule has 2 saturated heterocycles. The predicted octanol–water partition coefficient (Wildman–Crippen LogP) is 4.27. The van der Waals surface area contributed by atoms with E-state index in [0.717, 1.165) is 34.4 Å². The number of nitrogens with zero attached hydrogens (tertiary/aromatic N) is 1. The lowest BCUT2D eigenvalue weighted by molar-refractivity contribution is -0.140. The molecule has 29 heavy (non-hydrogen) atoms. The van der Waals surface area contributed by atoms with Crippen LogP contribution in [0.4, 0.5) is 0 Å². The summed E-state index contributed by atoms with van der Waals surface area (Å²) in [4.78, 5) is 28.6. The third-order valence-corrected chi connectivity index (χ3v) is 6.83. The fourth-order valence-electron chi connectivity index (χ4n) is 4.15. The quantitative estimate of drug-likeness (QED) is 0.463. The molecule has 2 aliphatic heterocycles. The fraction of sp³-hybridized carbons (Fsp3) is 0.391. The van der Waals surface area contributed by atoms with Crippen LogP contribution in [-0.2, 0) is 14.3 Å². The Morgan fingerprint density at radius 2 is 2.00 bits per heavy atom. The third-order valence-electron chi connectivity index (χ3n) is 5.76. The van der Waals surface area contributed by atoms with Crippen molar-refractivity contribution in [2.24, 2.45) is 0 Å². The number of amides is 1. The lowest BCUT2D eigenvalue weighted by Gasteiger charge is -2.27. The zero-order valence-corrected chi connectivity index (χ0v) is 17.7. The van der Waals surface area contributed by atoms with Gasteiger partial charge in [-0.05, 0) is 62.3 Å². The number of aliphatic hydroxyl groups excluding tert-OH is 1. The van der Waals surface area contributed by atoms with Crippen LogP contribution < -0.4 is 0 Å². The van der Waals surface area contributed by atoms with Gasteiger partial charge in [-0.25, -0.2) is 0 Å². The Labute approximate surface area is 174 Å². The van der Waals surface area contributed by atoms with Crippen molar-refractivity contribution in [3.05, 3.63) is 62.3 Å². The highest BCUT2D eigenvalue weighted by molar-refractivity contribution is 7.10. The second kappa shape index (κ2) is 7.76. The van der Waals surface area contributed by atoms with Gasteiger partial charge >= 0.3 is 0 Å². The van der Waals surface area contributed by atoms with Gasteiger partial charge in [0.25, 0.3) is 11.7 Å². The van der Waals surface area contributed by atoms with Crippen molar-refractivity contribution >= 4 is 28.8 Å². The van der Waals surface area contributed by atoms with Crippen molar-refractivity contribution < 1.29 is 19.4 Å². The van der Waals surface area contributed by atoms with Crippen molar-refractivity contribution in [3.8, 4) is 0 Å². The van der Waals surface area contributed by atoms with E-state index >= 15 is 0 Å². The molecule has 0 radical (unpaired) electrons. The summed E-state index contributed by atoms with van der Waals surface area (Å²) in [6.45, 7) is 6.83. The van der Waals surface area contributed by atoms with Gasteiger partial charge in [0.15, 0.2) is 0 Å². The number of likely N-dealkylation sites (tertiary alicyclic amines) is 1. The fourth-order valence-corrected chi connectivity index (χ4v) is 5.20. The van der Waals surface area contributed by atoms with E-state index in [1.165, 1.54) is 11.3 Å². The second-order valence-corrected chi connectivity index (χ2v) is 8.82. The van der Waals surface area contributed by atoms with Crippen LogP contribution in [0.5, 0.6) is 0 Å². The van der Waals surface area contributed by atoms with Crippen LogP contribution >= 0.6 is 11.3 Å². The number of ether oxygens (including phenoxy) is 1. The van der Waals surface area contributed by atoms with Gasteiger partial charge in [0.1, 0.15) is 5.76 Å². The first kappa shape index (κ1) is 19.9. The molecule has 0 aliphatic carbocycles. The van der Waals surface area contributed by atoms with E-state index in [1.807, 2.05) is 50.4 Å². The summed E-state index contributed by atoms with van der Waals surface area (Å²) in [5.41, 5.74) is 3.62. The average molecular weight is 412 g/mol. The molecule has 6 heteroatoms. The van der Waals surface area contributed by atoms with E-state index in [4.69, 9.17) is 4.74 Å². The topological polar surface area (TPSA) is 66.8 Å². The largest absolute Gasteiger partial charge is 0.507 e. The molecule has 2 atom stereocenters. The smallest absolute Gasteiger partial charge is 0.295 e. The Bertz CT molecular complexity index is 1000. The molecule has 0 spiro atoms. The molecule has 2 fully saturated rings. The predicted molar refractivity (Wildman–Crippen MR) is 113 cm³/mol. The Balaban J connectivity index is 1.86. The van der Waals surface area contributed by atoms with Crippen LogP contribution in [0.1, 0.15) is 46.0 Å². The molecular weight excluding hydrogens is 386 g/mol. The minimum absolute atomic E-state index is 0.0725. The van der Waals surface area contributed by atoms with Crippen LogP contribution in [0.3, 0.4) is 0 Å². The molecule has 1 N–H and O–H groups in total. The van der Waals surface area contributed by atoms with Crippen LogP contribution in [0.25, 0.3) is 5.76 Å². The second-order valence-electron chi connectivity index (χ2n) is 7.87. The molecule has 2 aromatic rings. The molecule has 2 unspecified atom stereocenters. The van der Waals surface area contributed by atoms with Crippen LogP contribution in [0.2, 0.25) is 0 Å². The zero-order chi connectivity index (χ0) is 20.7. The number of benzene rings is 1. The number of hydrogen-bond acceptors (Lipinski definition) is 5. The first-order valence-electron chi connectivity index (χ1n) is 9.90. The molecule has 3 heterocycles. The van der Waals surface area contributed by atoms with Gasteiger partial charge in [-0.3, -0.25) is 9.59 Å². The highest BCUT2D eigenvalue weighted by Gasteiger charge is 2.48. The molecule has 0 saturated carbocycles. The number of aryl methyl sites for hydroxylation is 3. The summed E-state index contributed by atoms with van der Waals surface area (Å²) in [7, 11) is 0.